The van der Waals surface area contributed by atoms with Crippen molar-refractivity contribution in [1.29, 1.82) is 0 Å². The third-order valence-electron chi connectivity index (χ3n) is 7.34. The highest BCUT2D eigenvalue weighted by atomic mass is 32.1. The average Bonchev–Trinajstić information content (AvgIpc) is 3.47. The fraction of sp³-hybridized carbons (Fsp3) is 0.636. The molecule has 4 rings (SSSR count). The maximum atomic E-state index is 13.0. The number of hydrogen-bond donors (Lipinski definition) is 3. The Labute approximate surface area is 187 Å². The fourth-order valence-corrected chi connectivity index (χ4v) is 5.69. The molecule has 8 nitrogen and oxygen atoms in total. The zero-order chi connectivity index (χ0) is 22.1. The number of nitrogens with zero attached hydrogens (tertiary/aromatic N) is 3. The van der Waals surface area contributed by atoms with Gasteiger partial charge in [0, 0.05) is 5.38 Å². The third-order valence-corrected chi connectivity index (χ3v) is 8.03. The lowest BCUT2D eigenvalue weighted by atomic mass is 9.71. The fourth-order valence-electron chi connectivity index (χ4n) is 5.05. The molecule has 2 aromatic heterocycles. The van der Waals surface area contributed by atoms with Crippen LogP contribution in [0.4, 0.5) is 0 Å². The number of primary amides is 1. The van der Waals surface area contributed by atoms with Crippen LogP contribution in [0, 0.1) is 11.8 Å². The van der Waals surface area contributed by atoms with Crippen LogP contribution in [0.5, 0.6) is 0 Å². The molecule has 168 valence electrons. The van der Waals surface area contributed by atoms with Crippen LogP contribution in [0.1, 0.15) is 68.4 Å². The number of amides is 2. The Morgan fingerprint density at radius 3 is 2.61 bits per heavy atom. The van der Waals surface area contributed by atoms with Gasteiger partial charge in [-0.25, -0.2) is 4.68 Å². The van der Waals surface area contributed by atoms with Gasteiger partial charge in [-0.05, 0) is 69.0 Å². The molecule has 1 saturated heterocycles. The summed E-state index contributed by atoms with van der Waals surface area (Å²) in [4.78, 5) is 25.5. The minimum absolute atomic E-state index is 0.108. The smallest absolute Gasteiger partial charge is 0.252 e. The number of piperidine rings is 1. The van der Waals surface area contributed by atoms with Crippen LogP contribution in [0.15, 0.2) is 23.0 Å². The SMILES string of the molecule is CC1CCC([C@](C)(NC(=O)c2ccsc2)c2cn(C3(C(N)=O)CCNCC3)nn2)CC1. The largest absolute Gasteiger partial charge is 0.368 e. The van der Waals surface area contributed by atoms with E-state index in [1.165, 1.54) is 11.3 Å². The van der Waals surface area contributed by atoms with E-state index < -0.39 is 11.1 Å². The highest BCUT2D eigenvalue weighted by molar-refractivity contribution is 7.08. The van der Waals surface area contributed by atoms with Crippen LogP contribution in [-0.2, 0) is 15.9 Å². The molecule has 1 atom stereocenters. The van der Waals surface area contributed by atoms with Gasteiger partial charge < -0.3 is 16.4 Å². The molecule has 0 bridgehead atoms. The van der Waals surface area contributed by atoms with Crippen molar-refractivity contribution in [3.63, 3.8) is 0 Å². The lowest BCUT2D eigenvalue weighted by Gasteiger charge is -2.40. The van der Waals surface area contributed by atoms with E-state index in [1.54, 1.807) is 4.68 Å². The highest BCUT2D eigenvalue weighted by Gasteiger charge is 2.45. The number of nitrogens with one attached hydrogen (secondary N) is 2. The van der Waals surface area contributed by atoms with Gasteiger partial charge in [0.2, 0.25) is 5.91 Å². The number of hydrogen-bond acceptors (Lipinski definition) is 6. The van der Waals surface area contributed by atoms with Gasteiger partial charge in [0.15, 0.2) is 0 Å². The van der Waals surface area contributed by atoms with Crippen molar-refractivity contribution in [2.24, 2.45) is 17.6 Å². The van der Waals surface area contributed by atoms with Gasteiger partial charge in [0.1, 0.15) is 11.2 Å². The number of rotatable bonds is 6. The zero-order valence-electron chi connectivity index (χ0n) is 18.3. The van der Waals surface area contributed by atoms with Gasteiger partial charge in [-0.2, -0.15) is 11.3 Å². The minimum atomic E-state index is -0.879. The molecule has 9 heteroatoms. The molecule has 3 heterocycles. The van der Waals surface area contributed by atoms with Crippen LogP contribution in [0.3, 0.4) is 0 Å². The van der Waals surface area contributed by atoms with Crippen molar-refractivity contribution in [1.82, 2.24) is 25.6 Å². The molecule has 4 N–H and O–H groups in total. The summed E-state index contributed by atoms with van der Waals surface area (Å²) in [6, 6.07) is 1.83. The Morgan fingerprint density at radius 2 is 2.00 bits per heavy atom. The van der Waals surface area contributed by atoms with Crippen LogP contribution in [0.2, 0.25) is 0 Å². The van der Waals surface area contributed by atoms with E-state index in [4.69, 9.17) is 5.73 Å². The van der Waals surface area contributed by atoms with E-state index in [-0.39, 0.29) is 17.7 Å². The van der Waals surface area contributed by atoms with Crippen molar-refractivity contribution in [3.05, 3.63) is 34.3 Å². The molecule has 0 spiro atoms. The normalized spacial score (nSPS) is 25.5. The predicted octanol–water partition coefficient (Wildman–Crippen LogP) is 2.38. The summed E-state index contributed by atoms with van der Waals surface area (Å²) in [5.74, 6) is 0.440. The lowest BCUT2D eigenvalue weighted by molar-refractivity contribution is -0.128. The number of aromatic nitrogens is 3. The van der Waals surface area contributed by atoms with E-state index in [0.717, 1.165) is 25.7 Å². The number of nitrogens with two attached hydrogens (primary N) is 1. The van der Waals surface area contributed by atoms with Gasteiger partial charge in [-0.3, -0.25) is 9.59 Å². The zero-order valence-corrected chi connectivity index (χ0v) is 19.1. The molecule has 1 saturated carbocycles. The first-order valence-corrected chi connectivity index (χ1v) is 12.1. The quantitative estimate of drug-likeness (QED) is 0.633. The molecular weight excluding hydrogens is 412 g/mol. The van der Waals surface area contributed by atoms with Gasteiger partial charge >= 0.3 is 0 Å². The molecular formula is C22H32N6O2S. The van der Waals surface area contributed by atoms with E-state index >= 15 is 0 Å². The topological polar surface area (TPSA) is 115 Å². The molecule has 0 aromatic carbocycles. The molecule has 1 aliphatic heterocycles. The van der Waals surface area contributed by atoms with Crippen molar-refractivity contribution in [2.75, 3.05) is 13.1 Å². The van der Waals surface area contributed by atoms with E-state index in [9.17, 15) is 9.59 Å². The second-order valence-corrected chi connectivity index (χ2v) is 10.1. The highest BCUT2D eigenvalue weighted by Crippen LogP contribution is 2.41. The molecule has 2 fully saturated rings. The first kappa shape index (κ1) is 22.0. The lowest BCUT2D eigenvalue weighted by Crippen LogP contribution is -2.53. The van der Waals surface area contributed by atoms with Crippen LogP contribution >= 0.6 is 11.3 Å². The Hall–Kier alpha value is -2.26. The van der Waals surface area contributed by atoms with Gasteiger partial charge in [0.25, 0.3) is 5.91 Å². The molecule has 31 heavy (non-hydrogen) atoms. The molecule has 2 aromatic rings. The van der Waals surface area contributed by atoms with E-state index in [1.807, 2.05) is 29.9 Å². The predicted molar refractivity (Wildman–Crippen MR) is 120 cm³/mol. The summed E-state index contributed by atoms with van der Waals surface area (Å²) < 4.78 is 1.64. The summed E-state index contributed by atoms with van der Waals surface area (Å²) in [7, 11) is 0. The van der Waals surface area contributed by atoms with Crippen molar-refractivity contribution >= 4 is 23.2 Å². The van der Waals surface area contributed by atoms with Crippen LogP contribution in [0.25, 0.3) is 0 Å². The monoisotopic (exact) mass is 444 g/mol. The first-order chi connectivity index (χ1) is 14.8. The van der Waals surface area contributed by atoms with E-state index in [0.29, 0.717) is 43.1 Å². The van der Waals surface area contributed by atoms with Crippen LogP contribution < -0.4 is 16.4 Å². The number of thiophene rings is 1. The van der Waals surface area contributed by atoms with Gasteiger partial charge in [-0.1, -0.05) is 25.0 Å². The van der Waals surface area contributed by atoms with Crippen molar-refractivity contribution in [2.45, 2.75) is 63.5 Å². The maximum absolute atomic E-state index is 13.0. The minimum Gasteiger partial charge on any atom is -0.368 e. The number of carbonyl (C=O) groups excluding carboxylic acids is 2. The summed E-state index contributed by atoms with van der Waals surface area (Å²) in [6.45, 7) is 5.72. The summed E-state index contributed by atoms with van der Waals surface area (Å²) in [6.07, 6.45) is 7.26. The molecule has 2 aliphatic rings. The van der Waals surface area contributed by atoms with Crippen molar-refractivity contribution in [3.8, 4) is 0 Å². The molecule has 2 amide bonds. The van der Waals surface area contributed by atoms with Gasteiger partial charge in [-0.15, -0.1) is 5.10 Å². The summed E-state index contributed by atoms with van der Waals surface area (Å²) >= 11 is 1.50. The molecule has 0 radical (unpaired) electrons. The number of carbonyl (C=O) groups is 2. The van der Waals surface area contributed by atoms with Crippen molar-refractivity contribution < 1.29 is 9.59 Å². The first-order valence-electron chi connectivity index (χ1n) is 11.1. The van der Waals surface area contributed by atoms with Gasteiger partial charge in [0.05, 0.1) is 17.3 Å². The summed E-state index contributed by atoms with van der Waals surface area (Å²) in [5, 5.41) is 19.2. The average molecular weight is 445 g/mol. The standard InChI is InChI=1S/C22H32N6O2S/c1-15-3-5-17(6-4-15)21(2,25-19(29)16-7-12-31-14-16)18-13-28(27-26-18)22(20(23)30)8-10-24-11-9-22/h7,12-15,17,24H,3-6,8-11H2,1-2H3,(H2,23,30)(H,25,29)/t15?,17?,21-/m0/s1. The Morgan fingerprint density at radius 1 is 1.29 bits per heavy atom. The maximum Gasteiger partial charge on any atom is 0.252 e. The Kier molecular flexibility index (Phi) is 6.16. The Balaban J connectivity index is 1.68. The molecule has 1 aliphatic carbocycles. The second kappa shape index (κ2) is 8.70. The molecule has 0 unspecified atom stereocenters. The summed E-state index contributed by atoms with van der Waals surface area (Å²) in [5.41, 5.74) is 5.62. The Bertz CT molecular complexity index is 912. The third kappa shape index (κ3) is 4.13. The van der Waals surface area contributed by atoms with Crippen LogP contribution in [-0.4, -0.2) is 39.9 Å². The second-order valence-electron chi connectivity index (χ2n) is 9.32. The van der Waals surface area contributed by atoms with E-state index in [2.05, 4.69) is 27.9 Å².